The number of nitrogens with zero attached hydrogens (tertiary/aromatic N) is 2. The molecule has 4 nitrogen and oxygen atoms in total. The zero-order valence-corrected chi connectivity index (χ0v) is 8.06. The topological polar surface area (TPSA) is 40.4 Å². The van der Waals surface area contributed by atoms with Gasteiger partial charge >= 0.3 is 0 Å². The molecule has 1 heterocycles. The molecule has 1 aliphatic rings. The van der Waals surface area contributed by atoms with Gasteiger partial charge in [-0.05, 0) is 18.9 Å². The fourth-order valence-corrected chi connectivity index (χ4v) is 1.60. The predicted molar refractivity (Wildman–Crippen MR) is 53.0 cm³/mol. The van der Waals surface area contributed by atoms with E-state index in [2.05, 4.69) is 6.58 Å². The van der Waals surface area contributed by atoms with E-state index in [1.165, 1.54) is 18.7 Å². The first-order valence-electron chi connectivity index (χ1n) is 4.66. The molecule has 1 unspecified atom stereocenters. The van der Waals surface area contributed by atoms with Crippen LogP contribution in [0.15, 0.2) is 18.7 Å². The van der Waals surface area contributed by atoms with Gasteiger partial charge in [-0.3, -0.25) is 0 Å². The molecule has 75 valence electrons. The number of likely N-dealkylation sites (tertiary alicyclic amines) is 1. The van der Waals surface area contributed by atoms with E-state index in [9.17, 15) is 9.70 Å². The van der Waals surface area contributed by atoms with Crippen LogP contribution in [0.4, 0.5) is 0 Å². The second-order valence-corrected chi connectivity index (χ2v) is 3.19. The number of nitroso groups, excluding NO2 is 1. The Bertz CT molecular complexity index is 263. The Morgan fingerprint density at radius 1 is 1.43 bits per heavy atom. The van der Waals surface area contributed by atoms with Crippen LogP contribution in [0.25, 0.3) is 0 Å². The Labute approximate surface area is 83.5 Å². The van der Waals surface area contributed by atoms with Crippen LogP contribution in [0.5, 0.6) is 0 Å². The average Bonchev–Trinajstić information content (AvgIpc) is 2.67. The molecule has 1 fully saturated rings. The second-order valence-electron chi connectivity index (χ2n) is 3.19. The van der Waals surface area contributed by atoms with Crippen LogP contribution in [0.1, 0.15) is 12.8 Å². The second kappa shape index (κ2) is 5.47. The van der Waals surface area contributed by atoms with Crippen molar-refractivity contribution in [1.29, 1.82) is 0 Å². The lowest BCUT2D eigenvalue weighted by molar-refractivity contribution is -0.555. The summed E-state index contributed by atoms with van der Waals surface area (Å²) >= 11 is 0. The van der Waals surface area contributed by atoms with Gasteiger partial charge in [0.1, 0.15) is 5.94 Å². The maximum atomic E-state index is 11.5. The minimum absolute atomic E-state index is 0.520. The monoisotopic (exact) mass is 194 g/mol. The molecule has 0 aromatic rings. The molecular formula is C10H14N2O2+. The Morgan fingerprint density at radius 3 is 2.57 bits per heavy atom. The van der Waals surface area contributed by atoms with E-state index >= 15 is 0 Å². The standard InChI is InChI=1S/C10H14N2O2/c1-2-6-12(14)10(5-9-13)11-7-3-4-8-11/h2,5-6,10H,1,3-4,7-8H2/q+1. The van der Waals surface area contributed by atoms with Crippen LogP contribution >= 0.6 is 0 Å². The van der Waals surface area contributed by atoms with Gasteiger partial charge < -0.3 is 0 Å². The van der Waals surface area contributed by atoms with Crippen molar-refractivity contribution in [2.24, 2.45) is 0 Å². The van der Waals surface area contributed by atoms with Gasteiger partial charge in [0.15, 0.2) is 0 Å². The fourth-order valence-electron chi connectivity index (χ4n) is 1.60. The number of hydrogen-bond acceptors (Lipinski definition) is 3. The van der Waals surface area contributed by atoms with Crippen LogP contribution < -0.4 is 0 Å². The van der Waals surface area contributed by atoms with Crippen molar-refractivity contribution in [3.8, 4) is 0 Å². The number of rotatable bonds is 5. The molecule has 0 N–H and O–H groups in total. The Balaban J connectivity index is 2.66. The van der Waals surface area contributed by atoms with Gasteiger partial charge in [0.2, 0.25) is 0 Å². The zero-order chi connectivity index (χ0) is 10.4. The number of carbonyl (C=O) groups excluding carboxylic acids is 1. The minimum atomic E-state index is -0.520. The van der Waals surface area contributed by atoms with Crippen molar-refractivity contribution in [3.63, 3.8) is 0 Å². The minimum Gasteiger partial charge on any atom is -0.238 e. The van der Waals surface area contributed by atoms with E-state index < -0.39 is 6.17 Å². The lowest BCUT2D eigenvalue weighted by Gasteiger charge is -2.14. The summed E-state index contributed by atoms with van der Waals surface area (Å²) < 4.78 is 0.725. The fraction of sp³-hybridized carbons (Fsp3) is 0.500. The molecule has 0 bridgehead atoms. The Kier molecular flexibility index (Phi) is 4.23. The first-order valence-corrected chi connectivity index (χ1v) is 4.66. The summed E-state index contributed by atoms with van der Waals surface area (Å²) in [5, 5.41) is 0. The molecule has 1 aliphatic heterocycles. The Hall–Kier alpha value is -1.25. The lowest BCUT2D eigenvalue weighted by Crippen LogP contribution is -2.38. The summed E-state index contributed by atoms with van der Waals surface area (Å²) in [6.07, 6.45) is 4.29. The van der Waals surface area contributed by atoms with Crippen molar-refractivity contribution in [1.82, 2.24) is 4.90 Å². The largest absolute Gasteiger partial charge is 0.289 e. The highest BCUT2D eigenvalue weighted by atomic mass is 16.3. The summed E-state index contributed by atoms with van der Waals surface area (Å²) in [5.74, 6) is 1.67. The molecule has 4 heteroatoms. The maximum absolute atomic E-state index is 11.5. The van der Waals surface area contributed by atoms with Crippen LogP contribution in [-0.4, -0.2) is 34.9 Å². The normalized spacial score (nSPS) is 18.6. The third kappa shape index (κ3) is 2.62. The molecule has 1 atom stereocenters. The van der Waals surface area contributed by atoms with E-state index in [1.807, 2.05) is 4.90 Å². The highest BCUT2D eigenvalue weighted by molar-refractivity contribution is 5.45. The van der Waals surface area contributed by atoms with Crippen LogP contribution in [-0.2, 0) is 4.79 Å². The van der Waals surface area contributed by atoms with Crippen molar-refractivity contribution in [2.45, 2.75) is 19.0 Å². The number of hydrogen-bond donors (Lipinski definition) is 0. The quantitative estimate of drug-likeness (QED) is 0.482. The van der Waals surface area contributed by atoms with Crippen molar-refractivity contribution in [3.05, 3.63) is 30.2 Å². The molecule has 0 aromatic heterocycles. The summed E-state index contributed by atoms with van der Waals surface area (Å²) in [4.78, 5) is 23.7. The third-order valence-corrected chi connectivity index (χ3v) is 2.24. The van der Waals surface area contributed by atoms with Crippen molar-refractivity contribution < 1.29 is 9.55 Å². The van der Waals surface area contributed by atoms with Gasteiger partial charge in [0, 0.05) is 22.8 Å². The third-order valence-electron chi connectivity index (χ3n) is 2.24. The molecule has 14 heavy (non-hydrogen) atoms. The molecule has 1 radical (unpaired) electrons. The van der Waals surface area contributed by atoms with Crippen LogP contribution in [0, 0.1) is 11.5 Å². The molecule has 0 amide bonds. The zero-order valence-electron chi connectivity index (χ0n) is 8.06. The molecule has 0 aromatic carbocycles. The van der Waals surface area contributed by atoms with Crippen molar-refractivity contribution in [2.75, 3.05) is 13.1 Å². The van der Waals surface area contributed by atoms with E-state index in [1.54, 1.807) is 5.94 Å². The lowest BCUT2D eigenvalue weighted by atomic mass is 10.4. The predicted octanol–water partition coefficient (Wildman–Crippen LogP) is 0.923. The van der Waals surface area contributed by atoms with E-state index in [0.29, 0.717) is 0 Å². The first kappa shape index (κ1) is 10.8. The van der Waals surface area contributed by atoms with Gasteiger partial charge in [0.05, 0.1) is 6.08 Å². The SMILES string of the molecule is C=C[CH][N+](=O)C(C=C=O)N1CCCC1. The molecular weight excluding hydrogens is 180 g/mol. The van der Waals surface area contributed by atoms with E-state index in [0.717, 1.165) is 30.7 Å². The summed E-state index contributed by atoms with van der Waals surface area (Å²) in [5.41, 5.74) is 0. The van der Waals surface area contributed by atoms with Gasteiger partial charge in [-0.25, -0.2) is 9.69 Å². The summed E-state index contributed by atoms with van der Waals surface area (Å²) in [6.45, 7) is 6.47. The Morgan fingerprint density at radius 2 is 2.07 bits per heavy atom. The van der Waals surface area contributed by atoms with E-state index in [4.69, 9.17) is 0 Å². The summed E-state index contributed by atoms with van der Waals surface area (Å²) in [6, 6.07) is 0. The van der Waals surface area contributed by atoms with Gasteiger partial charge in [-0.1, -0.05) is 6.58 Å². The molecule has 1 rings (SSSR count). The average molecular weight is 194 g/mol. The first-order chi connectivity index (χ1) is 6.79. The molecule has 1 saturated heterocycles. The highest BCUT2D eigenvalue weighted by Crippen LogP contribution is 2.13. The van der Waals surface area contributed by atoms with E-state index in [-0.39, 0.29) is 0 Å². The van der Waals surface area contributed by atoms with Gasteiger partial charge in [0.25, 0.3) is 12.7 Å². The molecule has 0 aliphatic carbocycles. The van der Waals surface area contributed by atoms with Crippen LogP contribution in [0.3, 0.4) is 0 Å². The maximum Gasteiger partial charge on any atom is 0.289 e. The molecule has 0 spiro atoms. The smallest absolute Gasteiger partial charge is 0.238 e. The summed E-state index contributed by atoms with van der Waals surface area (Å²) in [7, 11) is 0. The molecule has 0 saturated carbocycles. The van der Waals surface area contributed by atoms with Gasteiger partial charge in [-0.15, -0.1) is 0 Å². The van der Waals surface area contributed by atoms with Crippen LogP contribution in [0.2, 0.25) is 0 Å². The highest BCUT2D eigenvalue weighted by Gasteiger charge is 2.31. The van der Waals surface area contributed by atoms with Gasteiger partial charge in [-0.2, -0.15) is 0 Å². The van der Waals surface area contributed by atoms with Crippen molar-refractivity contribution >= 4 is 5.94 Å².